The molecule has 4 amide bonds. The van der Waals surface area contributed by atoms with Crippen LogP contribution in [0.25, 0.3) is 0 Å². The van der Waals surface area contributed by atoms with Gasteiger partial charge in [0.25, 0.3) is 5.91 Å². The number of para-hydroxylation sites is 1. The molecule has 0 saturated carbocycles. The molecule has 2 aromatic carbocycles. The fourth-order valence-corrected chi connectivity index (χ4v) is 4.22. The standard InChI is InChI=1S/C27H36N4O6/c1-18-14-31(25(32)17-35-4)19(2)16-37-23-13-21(29-27(34)28-20-9-7-6-8-10-20)11-12-22(23)26(33)30(3)15-24(18)36-5/h6-13,18-19,24H,14-17H2,1-5H3,(H2,28,29,34)/t18-,19-,24+/m1/s1. The molecule has 0 aromatic heterocycles. The van der Waals surface area contributed by atoms with Crippen LogP contribution in [-0.4, -0.2) is 87.4 Å². The summed E-state index contributed by atoms with van der Waals surface area (Å²) in [6.07, 6.45) is -0.287. The molecule has 2 N–H and O–H groups in total. The minimum atomic E-state index is -0.427. The van der Waals surface area contributed by atoms with Gasteiger partial charge < -0.3 is 34.6 Å². The highest BCUT2D eigenvalue weighted by molar-refractivity contribution is 6.01. The number of anilines is 2. The van der Waals surface area contributed by atoms with E-state index in [1.807, 2.05) is 32.0 Å². The SMILES string of the molecule is COCC(=O)N1C[C@@H](C)[C@@H](OC)CN(C)C(=O)c2ccc(NC(=O)Nc3ccccc3)cc2OC[C@H]1C. The van der Waals surface area contributed by atoms with Gasteiger partial charge in [0.15, 0.2) is 0 Å². The van der Waals surface area contributed by atoms with Gasteiger partial charge in [-0.2, -0.15) is 0 Å². The molecule has 1 heterocycles. The maximum atomic E-state index is 13.3. The van der Waals surface area contributed by atoms with Crippen LogP contribution in [0.2, 0.25) is 0 Å². The topological polar surface area (TPSA) is 109 Å². The summed E-state index contributed by atoms with van der Waals surface area (Å²) in [4.78, 5) is 42.0. The Morgan fingerprint density at radius 1 is 1.03 bits per heavy atom. The largest absolute Gasteiger partial charge is 0.491 e. The highest BCUT2D eigenvalue weighted by Crippen LogP contribution is 2.27. The van der Waals surface area contributed by atoms with Crippen molar-refractivity contribution in [3.8, 4) is 5.75 Å². The first-order valence-electron chi connectivity index (χ1n) is 12.2. The molecule has 10 nitrogen and oxygen atoms in total. The Kier molecular flexibility index (Phi) is 9.87. The maximum Gasteiger partial charge on any atom is 0.323 e. The van der Waals surface area contributed by atoms with Crippen LogP contribution in [0.15, 0.2) is 48.5 Å². The molecule has 37 heavy (non-hydrogen) atoms. The fraction of sp³-hybridized carbons (Fsp3) is 0.444. The first kappa shape index (κ1) is 27.9. The summed E-state index contributed by atoms with van der Waals surface area (Å²) in [6, 6.07) is 13.2. The number of likely N-dealkylation sites (N-methyl/N-ethyl adjacent to an activating group) is 1. The summed E-state index contributed by atoms with van der Waals surface area (Å²) in [6.45, 7) is 4.72. The van der Waals surface area contributed by atoms with Gasteiger partial charge in [-0.25, -0.2) is 4.79 Å². The Labute approximate surface area is 217 Å². The van der Waals surface area contributed by atoms with E-state index in [4.69, 9.17) is 14.2 Å². The number of rotatable bonds is 5. The predicted octanol–water partition coefficient (Wildman–Crippen LogP) is 3.31. The smallest absolute Gasteiger partial charge is 0.323 e. The number of benzene rings is 2. The molecular weight excluding hydrogens is 476 g/mol. The Morgan fingerprint density at radius 2 is 1.73 bits per heavy atom. The second-order valence-electron chi connectivity index (χ2n) is 9.23. The van der Waals surface area contributed by atoms with E-state index in [1.165, 1.54) is 7.11 Å². The number of ether oxygens (including phenoxy) is 3. The molecule has 0 saturated heterocycles. The number of urea groups is 1. The minimum absolute atomic E-state index is 0.0443. The first-order valence-corrected chi connectivity index (χ1v) is 12.2. The molecule has 0 spiro atoms. The normalized spacial score (nSPS) is 20.7. The second kappa shape index (κ2) is 13.1. The summed E-state index contributed by atoms with van der Waals surface area (Å²) in [5.74, 6) is -0.125. The number of hydrogen-bond donors (Lipinski definition) is 2. The van der Waals surface area contributed by atoms with E-state index in [-0.39, 0.29) is 43.1 Å². The third kappa shape index (κ3) is 7.43. The molecule has 0 unspecified atom stereocenters. The van der Waals surface area contributed by atoms with E-state index in [1.54, 1.807) is 54.3 Å². The van der Waals surface area contributed by atoms with E-state index >= 15 is 0 Å². The number of nitrogens with one attached hydrogen (secondary N) is 2. The maximum absolute atomic E-state index is 13.3. The van der Waals surface area contributed by atoms with Crippen molar-refractivity contribution in [2.45, 2.75) is 26.0 Å². The number of carbonyl (C=O) groups excluding carboxylic acids is 3. The molecule has 0 bridgehead atoms. The van der Waals surface area contributed by atoms with Gasteiger partial charge in [0.2, 0.25) is 5.91 Å². The second-order valence-corrected chi connectivity index (χ2v) is 9.23. The van der Waals surface area contributed by atoms with Crippen molar-refractivity contribution in [1.82, 2.24) is 9.80 Å². The number of hydrogen-bond acceptors (Lipinski definition) is 6. The fourth-order valence-electron chi connectivity index (χ4n) is 4.22. The van der Waals surface area contributed by atoms with Crippen molar-refractivity contribution < 1.29 is 28.6 Å². The third-order valence-corrected chi connectivity index (χ3v) is 6.32. The van der Waals surface area contributed by atoms with Crippen molar-refractivity contribution >= 4 is 29.2 Å². The average Bonchev–Trinajstić information content (AvgIpc) is 2.88. The van der Waals surface area contributed by atoms with Crippen molar-refractivity contribution in [2.75, 3.05) is 58.2 Å². The summed E-state index contributed by atoms with van der Waals surface area (Å²) < 4.78 is 16.9. The van der Waals surface area contributed by atoms with Crippen molar-refractivity contribution in [2.24, 2.45) is 5.92 Å². The average molecular weight is 513 g/mol. The monoisotopic (exact) mass is 512 g/mol. The molecule has 0 fully saturated rings. The summed E-state index contributed by atoms with van der Waals surface area (Å²) in [5.41, 5.74) is 1.45. The Bertz CT molecular complexity index is 1080. The van der Waals surface area contributed by atoms with Crippen LogP contribution in [0.4, 0.5) is 16.2 Å². The number of methoxy groups -OCH3 is 2. The van der Waals surface area contributed by atoms with Gasteiger partial charge in [-0.1, -0.05) is 25.1 Å². The molecule has 3 rings (SSSR count). The Morgan fingerprint density at radius 3 is 2.41 bits per heavy atom. The molecule has 3 atom stereocenters. The molecule has 200 valence electrons. The van der Waals surface area contributed by atoms with Crippen LogP contribution >= 0.6 is 0 Å². The summed E-state index contributed by atoms with van der Waals surface area (Å²) >= 11 is 0. The van der Waals surface area contributed by atoms with Crippen LogP contribution in [0.5, 0.6) is 5.75 Å². The van der Waals surface area contributed by atoms with Crippen molar-refractivity contribution in [3.05, 3.63) is 54.1 Å². The number of carbonyl (C=O) groups is 3. The molecule has 1 aliphatic rings. The lowest BCUT2D eigenvalue weighted by Gasteiger charge is -2.36. The zero-order chi connectivity index (χ0) is 26.9. The predicted molar refractivity (Wildman–Crippen MR) is 141 cm³/mol. The Hall–Kier alpha value is -3.63. The van der Waals surface area contributed by atoms with E-state index in [9.17, 15) is 14.4 Å². The quantitative estimate of drug-likeness (QED) is 0.636. The first-order chi connectivity index (χ1) is 17.7. The summed E-state index contributed by atoms with van der Waals surface area (Å²) in [5, 5.41) is 5.53. The van der Waals surface area contributed by atoms with Gasteiger partial charge >= 0.3 is 6.03 Å². The zero-order valence-electron chi connectivity index (χ0n) is 22.0. The van der Waals surface area contributed by atoms with Crippen LogP contribution in [-0.2, 0) is 14.3 Å². The van der Waals surface area contributed by atoms with E-state index in [0.717, 1.165) is 0 Å². The lowest BCUT2D eigenvalue weighted by Crippen LogP contribution is -2.49. The Balaban J connectivity index is 1.89. The minimum Gasteiger partial charge on any atom is -0.491 e. The van der Waals surface area contributed by atoms with Crippen LogP contribution in [0.3, 0.4) is 0 Å². The van der Waals surface area contributed by atoms with Gasteiger partial charge in [0, 0.05) is 57.7 Å². The van der Waals surface area contributed by atoms with E-state index in [0.29, 0.717) is 35.8 Å². The molecular formula is C27H36N4O6. The number of nitrogens with zero attached hydrogens (tertiary/aromatic N) is 2. The van der Waals surface area contributed by atoms with Crippen LogP contribution < -0.4 is 15.4 Å². The van der Waals surface area contributed by atoms with E-state index in [2.05, 4.69) is 10.6 Å². The lowest BCUT2D eigenvalue weighted by atomic mass is 10.0. The molecule has 10 heteroatoms. The van der Waals surface area contributed by atoms with Gasteiger partial charge in [-0.05, 0) is 31.2 Å². The van der Waals surface area contributed by atoms with Crippen LogP contribution in [0.1, 0.15) is 24.2 Å². The highest BCUT2D eigenvalue weighted by Gasteiger charge is 2.30. The van der Waals surface area contributed by atoms with Gasteiger partial charge in [-0.3, -0.25) is 9.59 Å². The zero-order valence-corrected chi connectivity index (χ0v) is 22.0. The molecule has 2 aromatic rings. The molecule has 0 radical (unpaired) electrons. The van der Waals surface area contributed by atoms with E-state index < -0.39 is 6.03 Å². The van der Waals surface area contributed by atoms with Gasteiger partial charge in [-0.15, -0.1) is 0 Å². The summed E-state index contributed by atoms with van der Waals surface area (Å²) in [7, 11) is 4.79. The van der Waals surface area contributed by atoms with Gasteiger partial charge in [0.05, 0.1) is 17.7 Å². The van der Waals surface area contributed by atoms with Crippen molar-refractivity contribution in [1.29, 1.82) is 0 Å². The number of fused-ring (bicyclic) bond motifs is 1. The molecule has 1 aliphatic heterocycles. The van der Waals surface area contributed by atoms with Crippen LogP contribution in [0, 0.1) is 5.92 Å². The highest BCUT2D eigenvalue weighted by atomic mass is 16.5. The number of amides is 4. The lowest BCUT2D eigenvalue weighted by molar-refractivity contribution is -0.139. The molecule has 0 aliphatic carbocycles. The third-order valence-electron chi connectivity index (χ3n) is 6.32. The van der Waals surface area contributed by atoms with Crippen molar-refractivity contribution in [3.63, 3.8) is 0 Å². The van der Waals surface area contributed by atoms with Gasteiger partial charge in [0.1, 0.15) is 19.0 Å².